The summed E-state index contributed by atoms with van der Waals surface area (Å²) in [5, 5.41) is 6.23. The highest BCUT2D eigenvalue weighted by molar-refractivity contribution is 6.03. The summed E-state index contributed by atoms with van der Waals surface area (Å²) in [4.78, 5) is 20.2. The molecule has 0 bridgehead atoms. The van der Waals surface area contributed by atoms with E-state index in [-0.39, 0.29) is 11.4 Å². The summed E-state index contributed by atoms with van der Waals surface area (Å²) in [6.45, 7) is 3.40. The Balaban J connectivity index is 2.10. The number of fused-ring (bicyclic) bond motifs is 1. The standard InChI is InChI=1S/C20H16N4O2/c1-4-13-7-6-8-14(9-13)23-20-15-10-17(24-19(25)5-2)18(26-3)11-16(15)21-12-22-20/h1,5-12H,2H2,3H3,(H,24,25)(H,21,22,23)/i3D3. The van der Waals surface area contributed by atoms with E-state index in [0.717, 1.165) is 6.08 Å². The third-order valence-corrected chi connectivity index (χ3v) is 3.58. The lowest BCUT2D eigenvalue weighted by atomic mass is 10.1. The number of benzene rings is 2. The molecule has 6 nitrogen and oxygen atoms in total. The molecule has 0 spiro atoms. The lowest BCUT2D eigenvalue weighted by molar-refractivity contribution is -0.111. The summed E-state index contributed by atoms with van der Waals surface area (Å²) in [6, 6.07) is 10.2. The van der Waals surface area contributed by atoms with Gasteiger partial charge in [0.05, 0.1) is 22.4 Å². The molecule has 0 saturated carbocycles. The fourth-order valence-corrected chi connectivity index (χ4v) is 2.37. The number of carbonyl (C=O) groups is 1. The molecule has 2 N–H and O–H groups in total. The van der Waals surface area contributed by atoms with Gasteiger partial charge in [-0.3, -0.25) is 4.79 Å². The number of nitrogens with one attached hydrogen (secondary N) is 2. The predicted molar refractivity (Wildman–Crippen MR) is 103 cm³/mol. The molecule has 3 rings (SSSR count). The first kappa shape index (κ1) is 13.4. The largest absolute Gasteiger partial charge is 0.494 e. The number of amides is 1. The quantitative estimate of drug-likeness (QED) is 0.546. The summed E-state index contributed by atoms with van der Waals surface area (Å²) < 4.78 is 27.1. The Bertz CT molecular complexity index is 1140. The van der Waals surface area contributed by atoms with Crippen LogP contribution in [0, 0.1) is 12.3 Å². The van der Waals surface area contributed by atoms with Crippen molar-refractivity contribution in [2.75, 3.05) is 17.7 Å². The van der Waals surface area contributed by atoms with Crippen LogP contribution >= 0.6 is 0 Å². The third-order valence-electron chi connectivity index (χ3n) is 3.58. The van der Waals surface area contributed by atoms with E-state index in [4.69, 9.17) is 15.3 Å². The van der Waals surface area contributed by atoms with E-state index in [9.17, 15) is 4.79 Å². The van der Waals surface area contributed by atoms with Gasteiger partial charge in [0, 0.05) is 22.7 Å². The highest BCUT2D eigenvalue weighted by Crippen LogP contribution is 2.33. The first-order valence-corrected chi connectivity index (χ1v) is 7.54. The first-order chi connectivity index (χ1) is 13.8. The molecule has 1 aromatic heterocycles. The molecule has 0 aliphatic rings. The summed E-state index contributed by atoms with van der Waals surface area (Å²) >= 11 is 0. The summed E-state index contributed by atoms with van der Waals surface area (Å²) in [7, 11) is -2.70. The molecule has 0 aliphatic heterocycles. The van der Waals surface area contributed by atoms with Crippen LogP contribution in [0.15, 0.2) is 55.4 Å². The SMILES string of the molecule is [2H]C([2H])([2H])Oc1cc2ncnc(Nc3cccc(C#C)c3)c2cc1NC(=O)C=C. The van der Waals surface area contributed by atoms with Crippen molar-refractivity contribution in [3.63, 3.8) is 0 Å². The highest BCUT2D eigenvalue weighted by Gasteiger charge is 2.12. The molecule has 0 fully saturated rings. The van der Waals surface area contributed by atoms with Crippen molar-refractivity contribution in [1.82, 2.24) is 9.97 Å². The number of terminal acetylenes is 1. The Morgan fingerprint density at radius 3 is 3.04 bits per heavy atom. The number of methoxy groups -OCH3 is 1. The van der Waals surface area contributed by atoms with Gasteiger partial charge in [-0.05, 0) is 30.3 Å². The summed E-state index contributed by atoms with van der Waals surface area (Å²) in [6.07, 6.45) is 7.83. The average Bonchev–Trinajstić information content (AvgIpc) is 2.67. The summed E-state index contributed by atoms with van der Waals surface area (Å²) in [5.74, 6) is 2.43. The molecule has 0 radical (unpaired) electrons. The van der Waals surface area contributed by atoms with Gasteiger partial charge in [-0.15, -0.1) is 6.42 Å². The molecule has 0 unspecified atom stereocenters. The molecule has 2 aromatic carbocycles. The lowest BCUT2D eigenvalue weighted by Gasteiger charge is -2.13. The molecule has 1 amide bonds. The van der Waals surface area contributed by atoms with Crippen molar-refractivity contribution in [2.24, 2.45) is 0 Å². The minimum atomic E-state index is -2.70. The van der Waals surface area contributed by atoms with Crippen molar-refractivity contribution >= 4 is 34.0 Å². The van der Waals surface area contributed by atoms with E-state index in [0.29, 0.717) is 28.0 Å². The van der Waals surface area contributed by atoms with Crippen LogP contribution in [0.2, 0.25) is 0 Å². The van der Waals surface area contributed by atoms with Gasteiger partial charge in [0.2, 0.25) is 5.91 Å². The van der Waals surface area contributed by atoms with Crippen LogP contribution in [-0.4, -0.2) is 22.9 Å². The normalized spacial score (nSPS) is 12.2. The zero-order chi connectivity index (χ0) is 21.0. The van der Waals surface area contributed by atoms with Crippen LogP contribution in [0.1, 0.15) is 9.68 Å². The Hall–Kier alpha value is -3.85. The van der Waals surface area contributed by atoms with E-state index < -0.39 is 12.9 Å². The predicted octanol–water partition coefficient (Wildman–Crippen LogP) is 3.49. The maximum absolute atomic E-state index is 11.8. The van der Waals surface area contributed by atoms with Crippen LogP contribution in [0.5, 0.6) is 5.75 Å². The molecular weight excluding hydrogens is 328 g/mol. The van der Waals surface area contributed by atoms with Crippen LogP contribution < -0.4 is 15.4 Å². The van der Waals surface area contributed by atoms with Crippen LogP contribution in [0.25, 0.3) is 10.9 Å². The maximum atomic E-state index is 11.8. The number of ether oxygens (including phenoxy) is 1. The lowest BCUT2D eigenvalue weighted by Crippen LogP contribution is -2.09. The third kappa shape index (κ3) is 3.47. The minimum Gasteiger partial charge on any atom is -0.494 e. The number of nitrogens with zero attached hydrogens (tertiary/aromatic N) is 2. The molecule has 1 heterocycles. The van der Waals surface area contributed by atoms with Gasteiger partial charge in [-0.1, -0.05) is 18.6 Å². The second kappa shape index (κ2) is 7.36. The van der Waals surface area contributed by atoms with Crippen LogP contribution in [0.4, 0.5) is 17.2 Å². The second-order valence-electron chi connectivity index (χ2n) is 5.23. The van der Waals surface area contributed by atoms with E-state index in [1.807, 2.05) is 6.07 Å². The number of rotatable bonds is 5. The highest BCUT2D eigenvalue weighted by atomic mass is 16.5. The average molecular weight is 347 g/mol. The molecule has 0 atom stereocenters. The zero-order valence-corrected chi connectivity index (χ0v) is 13.6. The number of hydrogen-bond acceptors (Lipinski definition) is 5. The monoisotopic (exact) mass is 347 g/mol. The Labute approximate surface area is 155 Å². The van der Waals surface area contributed by atoms with Gasteiger partial charge in [0.25, 0.3) is 0 Å². The number of carbonyl (C=O) groups excluding carboxylic acids is 1. The zero-order valence-electron chi connectivity index (χ0n) is 16.6. The fraction of sp³-hybridized carbons (Fsp3) is 0.0500. The summed E-state index contributed by atoms with van der Waals surface area (Å²) in [5.41, 5.74) is 1.97. The topological polar surface area (TPSA) is 76.1 Å². The van der Waals surface area contributed by atoms with E-state index >= 15 is 0 Å². The minimum absolute atomic E-state index is 0.0494. The van der Waals surface area contributed by atoms with Crippen molar-refractivity contribution in [3.05, 3.63) is 60.9 Å². The van der Waals surface area contributed by atoms with Gasteiger partial charge in [-0.25, -0.2) is 9.97 Å². The van der Waals surface area contributed by atoms with Crippen LogP contribution in [0.3, 0.4) is 0 Å². The molecule has 26 heavy (non-hydrogen) atoms. The van der Waals surface area contributed by atoms with E-state index in [2.05, 4.69) is 33.1 Å². The van der Waals surface area contributed by atoms with Crippen molar-refractivity contribution in [1.29, 1.82) is 0 Å². The molecule has 6 heteroatoms. The Morgan fingerprint density at radius 1 is 1.38 bits per heavy atom. The van der Waals surface area contributed by atoms with Gasteiger partial charge in [0.1, 0.15) is 17.9 Å². The Morgan fingerprint density at radius 2 is 2.27 bits per heavy atom. The number of anilines is 3. The van der Waals surface area contributed by atoms with Gasteiger partial charge < -0.3 is 15.4 Å². The number of hydrogen-bond donors (Lipinski definition) is 2. The Kier molecular flexibility index (Phi) is 3.81. The van der Waals surface area contributed by atoms with Crippen molar-refractivity contribution in [3.8, 4) is 18.1 Å². The molecule has 128 valence electrons. The fourth-order valence-electron chi connectivity index (χ4n) is 2.37. The van der Waals surface area contributed by atoms with Gasteiger partial charge in [-0.2, -0.15) is 0 Å². The van der Waals surface area contributed by atoms with Crippen LogP contribution in [-0.2, 0) is 4.79 Å². The van der Waals surface area contributed by atoms with Crippen molar-refractivity contribution < 1.29 is 13.6 Å². The van der Waals surface area contributed by atoms with E-state index in [1.165, 1.54) is 18.5 Å². The molecular formula is C20H16N4O2. The van der Waals surface area contributed by atoms with E-state index in [1.54, 1.807) is 18.2 Å². The maximum Gasteiger partial charge on any atom is 0.247 e. The van der Waals surface area contributed by atoms with Gasteiger partial charge >= 0.3 is 0 Å². The van der Waals surface area contributed by atoms with Crippen molar-refractivity contribution in [2.45, 2.75) is 0 Å². The second-order valence-corrected chi connectivity index (χ2v) is 5.23. The first-order valence-electron chi connectivity index (χ1n) is 9.04. The van der Waals surface area contributed by atoms with Gasteiger partial charge in [0.15, 0.2) is 0 Å². The molecule has 0 saturated heterocycles. The molecule has 3 aromatic rings. The number of aromatic nitrogens is 2. The smallest absolute Gasteiger partial charge is 0.247 e. The molecule has 0 aliphatic carbocycles.